The van der Waals surface area contributed by atoms with Gasteiger partial charge in [0.15, 0.2) is 23.0 Å². The molecule has 0 bridgehead atoms. The highest BCUT2D eigenvalue weighted by atomic mass is 127. The summed E-state index contributed by atoms with van der Waals surface area (Å²) in [6.07, 6.45) is 4.35. The predicted octanol–water partition coefficient (Wildman–Crippen LogP) is 1.11. The smallest absolute Gasteiger partial charge is 0.311 e. The van der Waals surface area contributed by atoms with Crippen LogP contribution in [0.25, 0.3) is 0 Å². The number of unbranched alkanes of at least 4 members (excludes halogenated alkanes) is 2. The van der Waals surface area contributed by atoms with E-state index in [4.69, 9.17) is 28.8 Å². The van der Waals surface area contributed by atoms with Gasteiger partial charge in [-0.3, -0.25) is 4.79 Å². The maximum Gasteiger partial charge on any atom is 0.311 e. The molecule has 0 aromatic heterocycles. The van der Waals surface area contributed by atoms with Crippen molar-refractivity contribution in [3.63, 3.8) is 0 Å². The highest BCUT2D eigenvalue weighted by Crippen LogP contribution is 2.43. The van der Waals surface area contributed by atoms with Gasteiger partial charge in [-0.15, -0.1) is 0 Å². The van der Waals surface area contributed by atoms with Crippen LogP contribution in [0.1, 0.15) is 48.4 Å². The van der Waals surface area contributed by atoms with E-state index in [9.17, 15) is 4.79 Å². The zero-order valence-electron chi connectivity index (χ0n) is 23.3. The first kappa shape index (κ1) is 32.0. The molecular weight excluding hydrogens is 601 g/mol. The van der Waals surface area contributed by atoms with Gasteiger partial charge in [-0.2, -0.15) is 0 Å². The first-order valence-corrected chi connectivity index (χ1v) is 13.0. The number of quaternary nitrogens is 1. The topological polar surface area (TPSA) is 83.5 Å². The number of methoxy groups -OCH3 is 4. The van der Waals surface area contributed by atoms with Crippen LogP contribution in [0.15, 0.2) is 30.3 Å². The quantitative estimate of drug-likeness (QED) is 0.143. The summed E-state index contributed by atoms with van der Waals surface area (Å²) in [5.41, 5.74) is 3.57. The Hall–Kier alpha value is -2.24. The van der Waals surface area contributed by atoms with Crippen LogP contribution in [-0.4, -0.2) is 77.3 Å². The van der Waals surface area contributed by atoms with Crippen LogP contribution in [-0.2, 0) is 22.4 Å². The van der Waals surface area contributed by atoms with E-state index in [0.717, 1.165) is 50.0 Å². The Morgan fingerprint density at radius 1 is 0.921 bits per heavy atom. The number of aliphatic hydroxyl groups is 1. The molecule has 1 N–H and O–H groups in total. The molecule has 2 atom stereocenters. The number of hydrogen-bond acceptors (Lipinski definition) is 7. The van der Waals surface area contributed by atoms with Crippen LogP contribution in [0.4, 0.5) is 0 Å². The van der Waals surface area contributed by atoms with Crippen LogP contribution in [0.2, 0.25) is 0 Å². The molecule has 0 saturated heterocycles. The van der Waals surface area contributed by atoms with Gasteiger partial charge >= 0.3 is 5.97 Å². The summed E-state index contributed by atoms with van der Waals surface area (Å²) >= 11 is 0. The lowest BCUT2D eigenvalue weighted by Gasteiger charge is -2.46. The standard InChI is InChI=1S/C29H42NO7.HI/c1-30(14-12-29(32)37-16-8-6-7-15-31)13-11-22-19-27(35-4)28(36-5)20-23(22)24(30)17-21-9-10-25(33-2)26(18-21)34-3;/h9-10,18-20,24,31H,6-8,11-17H2,1-5H3;1H/q+1;/p-1/t24?,30-;/m1./s1. The van der Waals surface area contributed by atoms with Crippen LogP contribution in [0.3, 0.4) is 0 Å². The fourth-order valence-corrected chi connectivity index (χ4v) is 5.16. The van der Waals surface area contributed by atoms with Gasteiger partial charge in [0.2, 0.25) is 0 Å². The second-order valence-corrected chi connectivity index (χ2v) is 9.75. The maximum atomic E-state index is 12.6. The fourth-order valence-electron chi connectivity index (χ4n) is 5.16. The summed E-state index contributed by atoms with van der Waals surface area (Å²) in [6.45, 7) is 2.13. The van der Waals surface area contributed by atoms with Crippen LogP contribution in [0, 0.1) is 0 Å². The summed E-state index contributed by atoms with van der Waals surface area (Å²) in [6, 6.07) is 10.3. The Morgan fingerprint density at radius 2 is 1.58 bits per heavy atom. The van der Waals surface area contributed by atoms with Gasteiger partial charge in [-0.1, -0.05) is 6.07 Å². The molecule has 0 spiro atoms. The van der Waals surface area contributed by atoms with Crippen molar-refractivity contribution in [3.05, 3.63) is 47.0 Å². The number of carbonyl (C=O) groups is 1. The molecule has 38 heavy (non-hydrogen) atoms. The van der Waals surface area contributed by atoms with Gasteiger partial charge in [-0.25, -0.2) is 0 Å². The fraction of sp³-hybridized carbons (Fsp3) is 0.552. The number of likely N-dealkylation sites (N-methyl/N-ethyl adjacent to an activating group) is 1. The Labute approximate surface area is 243 Å². The van der Waals surface area contributed by atoms with Crippen LogP contribution in [0.5, 0.6) is 23.0 Å². The third-order valence-electron chi connectivity index (χ3n) is 7.42. The van der Waals surface area contributed by atoms with Gasteiger partial charge in [0, 0.05) is 25.0 Å². The molecule has 0 radical (unpaired) electrons. The van der Waals surface area contributed by atoms with E-state index in [2.05, 4.69) is 25.2 Å². The molecule has 0 aliphatic carbocycles. The third-order valence-corrected chi connectivity index (χ3v) is 7.42. The maximum absolute atomic E-state index is 12.6. The zero-order chi connectivity index (χ0) is 26.8. The SMILES string of the molecule is COc1ccc(CC2c3cc(OC)c(OC)cc3CC[N@+]2(C)CCC(=O)OCCCCCO)cc1OC.[I-]. The van der Waals surface area contributed by atoms with E-state index >= 15 is 0 Å². The van der Waals surface area contributed by atoms with Crippen molar-refractivity contribution in [2.75, 3.05) is 61.8 Å². The van der Waals surface area contributed by atoms with E-state index in [0.29, 0.717) is 41.3 Å². The van der Waals surface area contributed by atoms with Crippen molar-refractivity contribution >= 4 is 5.97 Å². The number of esters is 1. The van der Waals surface area contributed by atoms with Gasteiger partial charge < -0.3 is 57.3 Å². The van der Waals surface area contributed by atoms with Crippen molar-refractivity contribution in [2.24, 2.45) is 0 Å². The molecule has 2 aromatic carbocycles. The molecule has 2 aromatic rings. The highest BCUT2D eigenvalue weighted by Gasteiger charge is 2.40. The first-order valence-electron chi connectivity index (χ1n) is 13.0. The minimum absolute atomic E-state index is 0. The van der Waals surface area contributed by atoms with E-state index in [-0.39, 0.29) is 42.6 Å². The van der Waals surface area contributed by atoms with Gasteiger partial charge in [0.1, 0.15) is 6.04 Å². The minimum atomic E-state index is -0.175. The molecule has 1 heterocycles. The molecule has 9 heteroatoms. The molecule has 1 aliphatic rings. The van der Waals surface area contributed by atoms with Crippen molar-refractivity contribution in [1.29, 1.82) is 0 Å². The summed E-state index contributed by atoms with van der Waals surface area (Å²) in [5.74, 6) is 2.65. The normalized spacial score (nSPS) is 18.1. The lowest BCUT2D eigenvalue weighted by Crippen LogP contribution is -3.00. The predicted molar refractivity (Wildman–Crippen MR) is 142 cm³/mol. The lowest BCUT2D eigenvalue weighted by atomic mass is 9.86. The van der Waals surface area contributed by atoms with E-state index in [1.165, 1.54) is 11.1 Å². The number of nitrogens with zero attached hydrogens (tertiary/aromatic N) is 1. The summed E-state index contributed by atoms with van der Waals surface area (Å²) in [5, 5.41) is 8.91. The Kier molecular flexibility index (Phi) is 12.9. The Bertz CT molecular complexity index is 1050. The number of halogens is 1. The molecule has 0 amide bonds. The molecular formula is C29H42INO7. The largest absolute Gasteiger partial charge is 1.00 e. The van der Waals surface area contributed by atoms with E-state index < -0.39 is 0 Å². The van der Waals surface area contributed by atoms with Gasteiger partial charge in [-0.05, 0) is 54.7 Å². The molecule has 0 saturated carbocycles. The summed E-state index contributed by atoms with van der Waals surface area (Å²) in [4.78, 5) is 12.6. The zero-order valence-corrected chi connectivity index (χ0v) is 25.4. The number of fused-ring (bicyclic) bond motifs is 1. The number of rotatable bonds is 14. The molecule has 0 fully saturated rings. The van der Waals surface area contributed by atoms with Gasteiger partial charge in [0.25, 0.3) is 0 Å². The number of ether oxygens (including phenoxy) is 5. The van der Waals surface area contributed by atoms with Crippen LogP contribution >= 0.6 is 0 Å². The highest BCUT2D eigenvalue weighted by molar-refractivity contribution is 5.69. The van der Waals surface area contributed by atoms with Gasteiger partial charge in [0.05, 0.1) is 61.6 Å². The Morgan fingerprint density at radius 3 is 2.24 bits per heavy atom. The third kappa shape index (κ3) is 7.89. The number of carbonyl (C=O) groups excluding carboxylic acids is 1. The lowest BCUT2D eigenvalue weighted by molar-refractivity contribution is -0.940. The Balaban J connectivity index is 0.00000507. The van der Waals surface area contributed by atoms with Crippen molar-refractivity contribution < 1.29 is 62.0 Å². The van der Waals surface area contributed by atoms with Crippen LogP contribution < -0.4 is 42.9 Å². The minimum Gasteiger partial charge on any atom is -1.00 e. The first-order chi connectivity index (χ1) is 17.9. The van der Waals surface area contributed by atoms with Crippen molar-refractivity contribution in [1.82, 2.24) is 0 Å². The molecule has 1 aliphatic heterocycles. The molecule has 3 rings (SSSR count). The average Bonchev–Trinajstić information content (AvgIpc) is 2.92. The monoisotopic (exact) mass is 643 g/mol. The average molecular weight is 644 g/mol. The molecule has 8 nitrogen and oxygen atoms in total. The molecule has 1 unspecified atom stereocenters. The second-order valence-electron chi connectivity index (χ2n) is 9.75. The number of aliphatic hydroxyl groups excluding tert-OH is 1. The van der Waals surface area contributed by atoms with E-state index in [1.807, 2.05) is 12.1 Å². The summed E-state index contributed by atoms with van der Waals surface area (Å²) in [7, 11) is 8.81. The molecule has 212 valence electrons. The second kappa shape index (κ2) is 15.4. The van der Waals surface area contributed by atoms with E-state index in [1.54, 1.807) is 28.4 Å². The number of hydrogen-bond donors (Lipinski definition) is 1. The summed E-state index contributed by atoms with van der Waals surface area (Å²) < 4.78 is 28.4. The number of benzene rings is 2. The van der Waals surface area contributed by atoms with Crippen molar-refractivity contribution in [2.45, 2.75) is 44.6 Å². The van der Waals surface area contributed by atoms with Crippen molar-refractivity contribution in [3.8, 4) is 23.0 Å².